The molecule has 0 fully saturated rings. The summed E-state index contributed by atoms with van der Waals surface area (Å²) in [6.45, 7) is 2.70. The number of thioether (sulfide) groups is 1. The van der Waals surface area contributed by atoms with Crippen LogP contribution in [0.15, 0.2) is 29.2 Å². The normalized spacial score (nSPS) is 13.1. The van der Waals surface area contributed by atoms with Crippen LogP contribution < -0.4 is 5.73 Å². The molecule has 1 aromatic carbocycles. The lowest BCUT2D eigenvalue weighted by atomic mass is 9.98. The molecule has 0 spiro atoms. The lowest BCUT2D eigenvalue weighted by Crippen LogP contribution is -2.05. The molecule has 0 aliphatic rings. The monoisotopic (exact) mass is 245 g/mol. The second-order valence-electron chi connectivity index (χ2n) is 3.72. The van der Waals surface area contributed by atoms with Gasteiger partial charge in [-0.05, 0) is 30.5 Å². The molecule has 1 atom stereocenters. The molecular weight excluding hydrogens is 228 g/mol. The molecule has 0 saturated heterocycles. The van der Waals surface area contributed by atoms with Gasteiger partial charge in [0.05, 0.1) is 5.75 Å². The molecule has 0 amide bonds. The summed E-state index contributed by atoms with van der Waals surface area (Å²) in [7, 11) is 0. The molecule has 0 heterocycles. The lowest BCUT2D eigenvalue weighted by Gasteiger charge is -2.15. The molecule has 90 valence electrons. The van der Waals surface area contributed by atoms with Gasteiger partial charge in [0.2, 0.25) is 6.43 Å². The van der Waals surface area contributed by atoms with Crippen molar-refractivity contribution in [3.8, 4) is 0 Å². The Hall–Kier alpha value is -0.610. The van der Waals surface area contributed by atoms with Gasteiger partial charge in [-0.25, -0.2) is 8.78 Å². The highest BCUT2D eigenvalue weighted by Crippen LogP contribution is 2.30. The van der Waals surface area contributed by atoms with Crippen LogP contribution in [0.2, 0.25) is 0 Å². The largest absolute Gasteiger partial charge is 0.330 e. The van der Waals surface area contributed by atoms with Gasteiger partial charge in [0.15, 0.2) is 0 Å². The maximum Gasteiger partial charge on any atom is 0.247 e. The highest BCUT2D eigenvalue weighted by molar-refractivity contribution is 7.99. The molecule has 1 aromatic rings. The second-order valence-corrected chi connectivity index (χ2v) is 4.78. The summed E-state index contributed by atoms with van der Waals surface area (Å²) < 4.78 is 24.3. The minimum atomic E-state index is -2.26. The smallest absolute Gasteiger partial charge is 0.247 e. The van der Waals surface area contributed by atoms with E-state index in [1.807, 2.05) is 24.3 Å². The van der Waals surface area contributed by atoms with E-state index in [0.717, 1.165) is 16.9 Å². The third-order valence-electron chi connectivity index (χ3n) is 2.41. The number of rotatable bonds is 6. The molecule has 1 unspecified atom stereocenters. The molecule has 1 rings (SSSR count). The van der Waals surface area contributed by atoms with E-state index in [-0.39, 0.29) is 5.75 Å². The molecule has 16 heavy (non-hydrogen) atoms. The molecule has 0 bridgehead atoms. The molecule has 0 aliphatic carbocycles. The van der Waals surface area contributed by atoms with Gasteiger partial charge < -0.3 is 5.73 Å². The fraction of sp³-hybridized carbons (Fsp3) is 0.500. The van der Waals surface area contributed by atoms with Crippen LogP contribution in [0.25, 0.3) is 0 Å². The minimum absolute atomic E-state index is 0.146. The molecule has 0 radical (unpaired) electrons. The minimum Gasteiger partial charge on any atom is -0.330 e. The summed E-state index contributed by atoms with van der Waals surface area (Å²) in [5.74, 6) is 0.179. The van der Waals surface area contributed by atoms with Crippen LogP contribution in [0.4, 0.5) is 8.78 Å². The number of hydrogen-bond acceptors (Lipinski definition) is 2. The van der Waals surface area contributed by atoms with Crippen LogP contribution in [0, 0.1) is 0 Å². The van der Waals surface area contributed by atoms with E-state index in [1.165, 1.54) is 11.8 Å². The van der Waals surface area contributed by atoms with Crippen molar-refractivity contribution in [2.24, 2.45) is 5.73 Å². The molecule has 0 saturated carbocycles. The Morgan fingerprint density at radius 1 is 1.31 bits per heavy atom. The van der Waals surface area contributed by atoms with Crippen molar-refractivity contribution in [3.63, 3.8) is 0 Å². The van der Waals surface area contributed by atoms with Gasteiger partial charge in [0, 0.05) is 4.90 Å². The second kappa shape index (κ2) is 6.86. The number of benzene rings is 1. The zero-order chi connectivity index (χ0) is 12.0. The maximum absolute atomic E-state index is 12.2. The molecule has 1 nitrogen and oxygen atoms in total. The van der Waals surface area contributed by atoms with Crippen molar-refractivity contribution >= 4 is 11.8 Å². The molecule has 0 aliphatic heterocycles. The summed E-state index contributed by atoms with van der Waals surface area (Å²) in [5, 5.41) is 0. The first-order chi connectivity index (χ1) is 7.65. The predicted octanol–water partition coefficient (Wildman–Crippen LogP) is 3.50. The summed E-state index contributed by atoms with van der Waals surface area (Å²) >= 11 is 1.22. The Kier molecular flexibility index (Phi) is 5.77. The number of halogens is 2. The Labute approximate surface area is 99.4 Å². The van der Waals surface area contributed by atoms with E-state index < -0.39 is 6.43 Å². The highest BCUT2D eigenvalue weighted by Gasteiger charge is 2.11. The SMILES string of the molecule is CC(CCN)c1ccccc1SCC(F)F. The van der Waals surface area contributed by atoms with Crippen LogP contribution in [-0.4, -0.2) is 18.7 Å². The van der Waals surface area contributed by atoms with Crippen LogP contribution in [0.1, 0.15) is 24.8 Å². The van der Waals surface area contributed by atoms with Crippen LogP contribution >= 0.6 is 11.8 Å². The summed E-state index contributed by atoms with van der Waals surface area (Å²) in [6, 6.07) is 7.71. The molecule has 4 heteroatoms. The Bertz CT molecular complexity index is 318. The highest BCUT2D eigenvalue weighted by atomic mass is 32.2. The standard InChI is InChI=1S/C12H17F2NS/c1-9(6-7-15)10-4-2-3-5-11(10)16-8-12(13)14/h2-5,9,12H,6-8,15H2,1H3. The Balaban J connectivity index is 2.74. The lowest BCUT2D eigenvalue weighted by molar-refractivity contribution is 0.177. The zero-order valence-corrected chi connectivity index (χ0v) is 10.1. The van der Waals surface area contributed by atoms with Crippen molar-refractivity contribution in [2.75, 3.05) is 12.3 Å². The quantitative estimate of drug-likeness (QED) is 0.776. The summed E-state index contributed by atoms with van der Waals surface area (Å²) in [4.78, 5) is 0.948. The molecule has 0 aromatic heterocycles. The van der Waals surface area contributed by atoms with Crippen molar-refractivity contribution in [2.45, 2.75) is 30.6 Å². The summed E-state index contributed by atoms with van der Waals surface area (Å²) in [5.41, 5.74) is 6.64. The molecule has 2 N–H and O–H groups in total. The van der Waals surface area contributed by atoms with Gasteiger partial charge in [-0.3, -0.25) is 0 Å². The average Bonchev–Trinajstić information content (AvgIpc) is 2.27. The van der Waals surface area contributed by atoms with E-state index in [2.05, 4.69) is 6.92 Å². The molecular formula is C12H17F2NS. The fourth-order valence-electron chi connectivity index (χ4n) is 1.58. The Morgan fingerprint density at radius 2 is 2.00 bits per heavy atom. The first-order valence-electron chi connectivity index (χ1n) is 5.35. The van der Waals surface area contributed by atoms with Crippen molar-refractivity contribution in [1.29, 1.82) is 0 Å². The van der Waals surface area contributed by atoms with Crippen molar-refractivity contribution < 1.29 is 8.78 Å². The third-order valence-corrected chi connectivity index (χ3v) is 3.52. The number of alkyl halides is 2. The fourth-order valence-corrected chi connectivity index (χ4v) is 2.49. The van der Waals surface area contributed by atoms with Crippen LogP contribution in [0.3, 0.4) is 0 Å². The van der Waals surface area contributed by atoms with Gasteiger partial charge in [-0.15, -0.1) is 11.8 Å². The zero-order valence-electron chi connectivity index (χ0n) is 9.33. The summed E-state index contributed by atoms with van der Waals surface area (Å²) in [6.07, 6.45) is -1.38. The Morgan fingerprint density at radius 3 is 2.62 bits per heavy atom. The van der Waals surface area contributed by atoms with E-state index in [4.69, 9.17) is 5.73 Å². The van der Waals surface area contributed by atoms with E-state index >= 15 is 0 Å². The van der Waals surface area contributed by atoms with Crippen molar-refractivity contribution in [3.05, 3.63) is 29.8 Å². The maximum atomic E-state index is 12.2. The van der Waals surface area contributed by atoms with E-state index in [0.29, 0.717) is 12.5 Å². The van der Waals surface area contributed by atoms with Gasteiger partial charge in [0.1, 0.15) is 0 Å². The average molecular weight is 245 g/mol. The predicted molar refractivity (Wildman–Crippen MR) is 65.3 cm³/mol. The van der Waals surface area contributed by atoms with Gasteiger partial charge in [0.25, 0.3) is 0 Å². The van der Waals surface area contributed by atoms with Gasteiger partial charge in [-0.1, -0.05) is 25.1 Å². The van der Waals surface area contributed by atoms with Crippen LogP contribution in [0.5, 0.6) is 0 Å². The number of hydrogen-bond donors (Lipinski definition) is 1. The van der Waals surface area contributed by atoms with E-state index in [1.54, 1.807) is 0 Å². The van der Waals surface area contributed by atoms with Gasteiger partial charge in [-0.2, -0.15) is 0 Å². The first-order valence-corrected chi connectivity index (χ1v) is 6.33. The van der Waals surface area contributed by atoms with Gasteiger partial charge >= 0.3 is 0 Å². The first kappa shape index (κ1) is 13.5. The van der Waals surface area contributed by atoms with E-state index in [9.17, 15) is 8.78 Å². The van der Waals surface area contributed by atoms with Crippen LogP contribution in [-0.2, 0) is 0 Å². The number of nitrogens with two attached hydrogens (primary N) is 1. The topological polar surface area (TPSA) is 26.0 Å². The van der Waals surface area contributed by atoms with Crippen molar-refractivity contribution in [1.82, 2.24) is 0 Å². The third kappa shape index (κ3) is 4.10.